The third-order valence-corrected chi connectivity index (χ3v) is 6.34. The molecule has 0 bridgehead atoms. The molecule has 0 radical (unpaired) electrons. The van der Waals surface area contributed by atoms with Gasteiger partial charge >= 0.3 is 0 Å². The summed E-state index contributed by atoms with van der Waals surface area (Å²) < 4.78 is 1.78. The van der Waals surface area contributed by atoms with Crippen molar-refractivity contribution < 1.29 is 4.79 Å². The summed E-state index contributed by atoms with van der Waals surface area (Å²) in [4.78, 5) is 25.1. The Kier molecular flexibility index (Phi) is 4.13. The van der Waals surface area contributed by atoms with Crippen LogP contribution in [0.15, 0.2) is 54.7 Å². The monoisotopic (exact) mass is 409 g/mol. The Morgan fingerprint density at radius 1 is 1.06 bits per heavy atom. The molecule has 6 heteroatoms. The summed E-state index contributed by atoms with van der Waals surface area (Å²) in [6, 6.07) is 16.1. The summed E-state index contributed by atoms with van der Waals surface area (Å²) in [5, 5.41) is 5.56. The maximum atomic E-state index is 13.8. The molecule has 0 N–H and O–H groups in total. The van der Waals surface area contributed by atoms with Gasteiger partial charge in [-0.2, -0.15) is 9.78 Å². The third-order valence-electron chi connectivity index (χ3n) is 6.34. The highest BCUT2D eigenvalue weighted by molar-refractivity contribution is 6.07. The minimum Gasteiger partial charge on any atom is -0.334 e. The highest BCUT2D eigenvalue weighted by atomic mass is 16.2. The summed E-state index contributed by atoms with van der Waals surface area (Å²) in [6.45, 7) is 3.32. The van der Waals surface area contributed by atoms with Gasteiger partial charge in [0.25, 0.3) is 5.91 Å². The molecule has 4 heterocycles. The van der Waals surface area contributed by atoms with E-state index in [4.69, 9.17) is 10.1 Å². The Balaban J connectivity index is 1.48. The minimum atomic E-state index is 0.0625. The number of aryl methyl sites for hydroxylation is 1. The molecule has 154 valence electrons. The van der Waals surface area contributed by atoms with Crippen molar-refractivity contribution in [2.45, 2.75) is 38.6 Å². The molecule has 1 saturated carbocycles. The van der Waals surface area contributed by atoms with Gasteiger partial charge in [-0.1, -0.05) is 30.3 Å². The molecule has 1 amide bonds. The Hall–Kier alpha value is -3.54. The first-order valence-electron chi connectivity index (χ1n) is 10.9. The molecular formula is C25H23N5O. The highest BCUT2D eigenvalue weighted by Crippen LogP contribution is 2.41. The predicted octanol–water partition coefficient (Wildman–Crippen LogP) is 4.20. The van der Waals surface area contributed by atoms with Gasteiger partial charge in [0.1, 0.15) is 0 Å². The van der Waals surface area contributed by atoms with E-state index in [1.807, 2.05) is 42.2 Å². The molecule has 6 nitrogen and oxygen atoms in total. The fraction of sp³-hybridized carbons (Fsp3) is 0.280. The van der Waals surface area contributed by atoms with Crippen molar-refractivity contribution in [1.82, 2.24) is 24.6 Å². The van der Waals surface area contributed by atoms with Gasteiger partial charge in [-0.05, 0) is 55.5 Å². The molecule has 31 heavy (non-hydrogen) atoms. The number of hydrogen-bond acceptors (Lipinski definition) is 4. The average Bonchev–Trinajstić information content (AvgIpc) is 3.62. The zero-order valence-corrected chi connectivity index (χ0v) is 17.5. The van der Waals surface area contributed by atoms with E-state index in [0.717, 1.165) is 48.2 Å². The number of rotatable bonds is 3. The standard InChI is InChI=1S/C25H23N5O/c1-16-23-20(25(31)29-13-11-17-6-2-3-7-19(17)15-29)14-21(18-9-10-18)27-24(23)30(28-16)22-8-4-5-12-26-22/h2-8,12,14,18H,9-11,13,15H2,1H3. The Labute approximate surface area is 180 Å². The number of aromatic nitrogens is 4. The smallest absolute Gasteiger partial charge is 0.255 e. The summed E-state index contributed by atoms with van der Waals surface area (Å²) in [5.74, 6) is 1.21. The molecule has 1 fully saturated rings. The van der Waals surface area contributed by atoms with Crippen LogP contribution < -0.4 is 0 Å². The van der Waals surface area contributed by atoms with Crippen LogP contribution in [0.1, 0.15) is 51.6 Å². The van der Waals surface area contributed by atoms with Crippen molar-refractivity contribution in [2.75, 3.05) is 6.54 Å². The molecule has 6 rings (SSSR count). The van der Waals surface area contributed by atoms with E-state index in [1.165, 1.54) is 11.1 Å². The van der Waals surface area contributed by atoms with Gasteiger partial charge in [-0.3, -0.25) is 4.79 Å². The number of hydrogen-bond donors (Lipinski definition) is 0. The molecule has 0 unspecified atom stereocenters. The van der Waals surface area contributed by atoms with Crippen LogP contribution in [0, 0.1) is 6.92 Å². The van der Waals surface area contributed by atoms with Crippen LogP contribution in [0.25, 0.3) is 16.9 Å². The molecule has 0 saturated heterocycles. The van der Waals surface area contributed by atoms with Crippen LogP contribution in [0.5, 0.6) is 0 Å². The number of benzene rings is 1. The van der Waals surface area contributed by atoms with Crippen LogP contribution in [0.4, 0.5) is 0 Å². The maximum absolute atomic E-state index is 13.8. The lowest BCUT2D eigenvalue weighted by Crippen LogP contribution is -2.36. The second-order valence-corrected chi connectivity index (χ2v) is 8.50. The normalized spacial score (nSPS) is 15.8. The van der Waals surface area contributed by atoms with E-state index in [9.17, 15) is 4.79 Å². The lowest BCUT2D eigenvalue weighted by atomic mass is 9.98. The Morgan fingerprint density at radius 3 is 2.65 bits per heavy atom. The van der Waals surface area contributed by atoms with Crippen LogP contribution in [-0.4, -0.2) is 37.1 Å². The predicted molar refractivity (Wildman–Crippen MR) is 118 cm³/mol. The molecule has 3 aromatic heterocycles. The van der Waals surface area contributed by atoms with Crippen molar-refractivity contribution in [3.63, 3.8) is 0 Å². The molecule has 4 aromatic rings. The lowest BCUT2D eigenvalue weighted by molar-refractivity contribution is 0.0736. The molecule has 1 aliphatic carbocycles. The van der Waals surface area contributed by atoms with Crippen molar-refractivity contribution in [3.8, 4) is 5.82 Å². The number of carbonyl (C=O) groups excluding carboxylic acids is 1. The van der Waals surface area contributed by atoms with Crippen molar-refractivity contribution >= 4 is 16.9 Å². The molecule has 1 aliphatic heterocycles. The topological polar surface area (TPSA) is 63.9 Å². The number of carbonyl (C=O) groups is 1. The number of pyridine rings is 2. The summed E-state index contributed by atoms with van der Waals surface area (Å²) in [5.41, 5.74) is 5.80. The zero-order chi connectivity index (χ0) is 20.9. The van der Waals surface area contributed by atoms with E-state index in [1.54, 1.807) is 10.9 Å². The summed E-state index contributed by atoms with van der Waals surface area (Å²) in [6.07, 6.45) is 4.89. The van der Waals surface area contributed by atoms with Crippen LogP contribution >= 0.6 is 0 Å². The molecular weight excluding hydrogens is 386 g/mol. The van der Waals surface area contributed by atoms with Gasteiger partial charge in [0.2, 0.25) is 0 Å². The third kappa shape index (κ3) is 3.10. The number of amides is 1. The number of nitrogens with zero attached hydrogens (tertiary/aromatic N) is 5. The number of fused-ring (bicyclic) bond motifs is 2. The molecule has 0 atom stereocenters. The van der Waals surface area contributed by atoms with Gasteiger partial charge in [-0.25, -0.2) is 9.97 Å². The fourth-order valence-electron chi connectivity index (χ4n) is 4.54. The molecule has 0 spiro atoms. The fourth-order valence-corrected chi connectivity index (χ4v) is 4.54. The van der Waals surface area contributed by atoms with Crippen LogP contribution in [0.2, 0.25) is 0 Å². The largest absolute Gasteiger partial charge is 0.334 e. The molecule has 2 aliphatic rings. The van der Waals surface area contributed by atoms with Crippen molar-refractivity contribution in [3.05, 3.63) is 82.8 Å². The summed E-state index contributed by atoms with van der Waals surface area (Å²) >= 11 is 0. The second kappa shape index (κ2) is 7.01. The first-order valence-corrected chi connectivity index (χ1v) is 10.9. The van der Waals surface area contributed by atoms with Crippen molar-refractivity contribution in [2.24, 2.45) is 0 Å². The Bertz CT molecular complexity index is 1310. The van der Waals surface area contributed by atoms with Gasteiger partial charge in [0.05, 0.1) is 16.6 Å². The van der Waals surface area contributed by atoms with Crippen molar-refractivity contribution in [1.29, 1.82) is 0 Å². The van der Waals surface area contributed by atoms with Gasteiger partial charge in [0.15, 0.2) is 11.5 Å². The minimum absolute atomic E-state index is 0.0625. The van der Waals surface area contributed by atoms with Crippen LogP contribution in [0.3, 0.4) is 0 Å². The highest BCUT2D eigenvalue weighted by Gasteiger charge is 2.31. The SMILES string of the molecule is Cc1nn(-c2ccccn2)c2nc(C3CC3)cc(C(=O)N3CCc4ccccc4C3)c12. The van der Waals surface area contributed by atoms with E-state index in [-0.39, 0.29) is 5.91 Å². The average molecular weight is 409 g/mol. The van der Waals surface area contributed by atoms with E-state index in [2.05, 4.69) is 23.2 Å². The maximum Gasteiger partial charge on any atom is 0.255 e. The molecule has 1 aromatic carbocycles. The van der Waals surface area contributed by atoms with Gasteiger partial charge in [-0.15, -0.1) is 0 Å². The quantitative estimate of drug-likeness (QED) is 0.509. The van der Waals surface area contributed by atoms with Crippen LogP contribution in [-0.2, 0) is 13.0 Å². The Morgan fingerprint density at radius 2 is 1.87 bits per heavy atom. The van der Waals surface area contributed by atoms with Gasteiger partial charge < -0.3 is 4.90 Å². The summed E-state index contributed by atoms with van der Waals surface area (Å²) in [7, 11) is 0. The van der Waals surface area contributed by atoms with E-state index in [0.29, 0.717) is 23.8 Å². The second-order valence-electron chi connectivity index (χ2n) is 8.50. The first kappa shape index (κ1) is 18.2. The van der Waals surface area contributed by atoms with E-state index < -0.39 is 0 Å². The lowest BCUT2D eigenvalue weighted by Gasteiger charge is -2.29. The van der Waals surface area contributed by atoms with E-state index >= 15 is 0 Å². The first-order chi connectivity index (χ1) is 15.2. The zero-order valence-electron chi connectivity index (χ0n) is 17.5. The van der Waals surface area contributed by atoms with Gasteiger partial charge in [0, 0.05) is 30.9 Å².